The maximum Gasteiger partial charge on any atom is 0.259 e. The van der Waals surface area contributed by atoms with E-state index in [1.165, 1.54) is 31.5 Å². The number of aromatic nitrogens is 2. The van der Waals surface area contributed by atoms with Crippen LogP contribution in [0.25, 0.3) is 22.5 Å². The summed E-state index contributed by atoms with van der Waals surface area (Å²) in [5.41, 5.74) is 4.42. The highest BCUT2D eigenvalue weighted by atomic mass is 16.1. The Balaban J connectivity index is 1.61. The van der Waals surface area contributed by atoms with Gasteiger partial charge in [0.05, 0.1) is 11.3 Å². The number of aromatic amines is 1. The Labute approximate surface area is 153 Å². The molecule has 0 unspecified atom stereocenters. The van der Waals surface area contributed by atoms with Gasteiger partial charge in [-0.05, 0) is 44.0 Å². The maximum atomic E-state index is 12.6. The van der Waals surface area contributed by atoms with Crippen molar-refractivity contribution in [1.29, 1.82) is 0 Å². The fourth-order valence-electron chi connectivity index (χ4n) is 3.63. The molecule has 26 heavy (non-hydrogen) atoms. The van der Waals surface area contributed by atoms with Gasteiger partial charge in [-0.1, -0.05) is 54.6 Å². The second-order valence-corrected chi connectivity index (χ2v) is 6.92. The second-order valence-electron chi connectivity index (χ2n) is 6.92. The molecule has 4 rings (SSSR count). The first-order chi connectivity index (χ1) is 12.7. The lowest BCUT2D eigenvalue weighted by atomic mass is 10.1. The molecule has 0 amide bonds. The van der Waals surface area contributed by atoms with Crippen molar-refractivity contribution in [1.82, 2.24) is 14.9 Å². The van der Waals surface area contributed by atoms with Gasteiger partial charge in [0, 0.05) is 12.1 Å². The number of likely N-dealkylation sites (tertiary alicyclic amines) is 1. The van der Waals surface area contributed by atoms with E-state index in [1.54, 1.807) is 0 Å². The zero-order valence-corrected chi connectivity index (χ0v) is 15.0. The smallest absolute Gasteiger partial charge is 0.259 e. The molecule has 0 aliphatic carbocycles. The van der Waals surface area contributed by atoms with Crippen molar-refractivity contribution in [3.63, 3.8) is 0 Å². The summed E-state index contributed by atoms with van der Waals surface area (Å²) in [6.07, 6.45) is 2.60. The molecule has 3 aromatic rings. The first kappa shape index (κ1) is 16.7. The largest absolute Gasteiger partial charge is 0.306 e. The Kier molecular flexibility index (Phi) is 4.67. The Morgan fingerprint density at radius 2 is 1.65 bits per heavy atom. The average Bonchev–Trinajstić information content (AvgIpc) is 3.16. The Morgan fingerprint density at radius 1 is 0.962 bits per heavy atom. The predicted molar refractivity (Wildman–Crippen MR) is 105 cm³/mol. The second kappa shape index (κ2) is 7.26. The molecule has 132 valence electrons. The van der Waals surface area contributed by atoms with Crippen molar-refractivity contribution in [3.8, 4) is 22.5 Å². The topological polar surface area (TPSA) is 49.0 Å². The van der Waals surface area contributed by atoms with E-state index in [0.717, 1.165) is 23.4 Å². The van der Waals surface area contributed by atoms with Crippen molar-refractivity contribution in [3.05, 3.63) is 76.2 Å². The van der Waals surface area contributed by atoms with Crippen molar-refractivity contribution in [2.24, 2.45) is 0 Å². The molecule has 1 aromatic heterocycles. The highest BCUT2D eigenvalue weighted by Crippen LogP contribution is 2.21. The van der Waals surface area contributed by atoms with Crippen LogP contribution in [-0.4, -0.2) is 28.0 Å². The van der Waals surface area contributed by atoms with Gasteiger partial charge in [0.2, 0.25) is 0 Å². The van der Waals surface area contributed by atoms with Crippen LogP contribution in [0.2, 0.25) is 0 Å². The minimum atomic E-state index is -0.0974. The van der Waals surface area contributed by atoms with Crippen LogP contribution in [0.4, 0.5) is 0 Å². The van der Waals surface area contributed by atoms with Gasteiger partial charge in [0.1, 0.15) is 5.82 Å². The van der Waals surface area contributed by atoms with Crippen molar-refractivity contribution < 1.29 is 0 Å². The number of hydrogen-bond donors (Lipinski definition) is 1. The lowest BCUT2D eigenvalue weighted by molar-refractivity contribution is 0.331. The van der Waals surface area contributed by atoms with Crippen LogP contribution in [-0.2, 0) is 6.54 Å². The third kappa shape index (κ3) is 3.46. The van der Waals surface area contributed by atoms with E-state index in [9.17, 15) is 4.79 Å². The first-order valence-electron chi connectivity index (χ1n) is 9.19. The highest BCUT2D eigenvalue weighted by Gasteiger charge is 2.13. The van der Waals surface area contributed by atoms with Crippen LogP contribution in [0.3, 0.4) is 0 Å². The number of benzene rings is 2. The molecule has 1 aliphatic heterocycles. The molecular formula is C22H23N3O. The number of hydrogen-bond acceptors (Lipinski definition) is 3. The van der Waals surface area contributed by atoms with Gasteiger partial charge in [-0.25, -0.2) is 4.98 Å². The molecule has 1 fully saturated rings. The molecule has 4 heteroatoms. The lowest BCUT2D eigenvalue weighted by Crippen LogP contribution is -2.18. The van der Waals surface area contributed by atoms with Crippen molar-refractivity contribution in [2.75, 3.05) is 13.1 Å². The van der Waals surface area contributed by atoms with Crippen LogP contribution >= 0.6 is 0 Å². The molecule has 0 bridgehead atoms. The van der Waals surface area contributed by atoms with Gasteiger partial charge in [0.25, 0.3) is 5.56 Å². The number of aryl methyl sites for hydroxylation is 1. The molecule has 0 atom stereocenters. The standard InChI is InChI=1S/C22H23N3O/c1-16-20(18-7-3-2-4-8-18)22(26)24-21(23-16)19-11-9-17(10-12-19)15-25-13-5-6-14-25/h2-4,7-12H,5-6,13-15H2,1H3,(H,23,24,26). The normalized spacial score (nSPS) is 14.7. The SMILES string of the molecule is Cc1nc(-c2ccc(CN3CCCC3)cc2)[nH]c(=O)c1-c1ccccc1. The fourth-order valence-corrected chi connectivity index (χ4v) is 3.63. The molecule has 2 heterocycles. The highest BCUT2D eigenvalue weighted by molar-refractivity contribution is 5.66. The maximum absolute atomic E-state index is 12.6. The molecule has 0 radical (unpaired) electrons. The third-order valence-electron chi connectivity index (χ3n) is 5.00. The molecule has 2 aromatic carbocycles. The lowest BCUT2D eigenvalue weighted by Gasteiger charge is -2.14. The molecular weight excluding hydrogens is 322 g/mol. The number of H-pyrrole nitrogens is 1. The van der Waals surface area contributed by atoms with E-state index in [-0.39, 0.29) is 5.56 Å². The van der Waals surface area contributed by atoms with E-state index in [2.05, 4.69) is 27.0 Å². The molecule has 0 saturated carbocycles. The van der Waals surface area contributed by atoms with E-state index in [4.69, 9.17) is 0 Å². The van der Waals surface area contributed by atoms with E-state index < -0.39 is 0 Å². The van der Waals surface area contributed by atoms with Gasteiger partial charge in [-0.15, -0.1) is 0 Å². The van der Waals surface area contributed by atoms with Crippen LogP contribution in [0, 0.1) is 6.92 Å². The average molecular weight is 345 g/mol. The summed E-state index contributed by atoms with van der Waals surface area (Å²) >= 11 is 0. The minimum absolute atomic E-state index is 0.0974. The first-order valence-corrected chi connectivity index (χ1v) is 9.19. The fraction of sp³-hybridized carbons (Fsp3) is 0.273. The summed E-state index contributed by atoms with van der Waals surface area (Å²) in [5.74, 6) is 0.625. The minimum Gasteiger partial charge on any atom is -0.306 e. The van der Waals surface area contributed by atoms with Crippen molar-refractivity contribution >= 4 is 0 Å². The monoisotopic (exact) mass is 345 g/mol. The summed E-state index contributed by atoms with van der Waals surface area (Å²) < 4.78 is 0. The molecule has 4 nitrogen and oxygen atoms in total. The zero-order chi connectivity index (χ0) is 17.9. The number of nitrogens with zero attached hydrogens (tertiary/aromatic N) is 2. The van der Waals surface area contributed by atoms with Crippen LogP contribution < -0.4 is 5.56 Å². The molecule has 0 spiro atoms. The summed E-state index contributed by atoms with van der Waals surface area (Å²) in [4.78, 5) is 22.7. The summed E-state index contributed by atoms with van der Waals surface area (Å²) in [5, 5.41) is 0. The van der Waals surface area contributed by atoms with Gasteiger partial charge >= 0.3 is 0 Å². The number of nitrogens with one attached hydrogen (secondary N) is 1. The van der Waals surface area contributed by atoms with Crippen LogP contribution in [0.1, 0.15) is 24.1 Å². The third-order valence-corrected chi connectivity index (χ3v) is 5.00. The van der Waals surface area contributed by atoms with Gasteiger partial charge in [-0.3, -0.25) is 9.69 Å². The van der Waals surface area contributed by atoms with Crippen molar-refractivity contribution in [2.45, 2.75) is 26.3 Å². The van der Waals surface area contributed by atoms with E-state index in [0.29, 0.717) is 11.4 Å². The Hall–Kier alpha value is -2.72. The van der Waals surface area contributed by atoms with Crippen LogP contribution in [0.15, 0.2) is 59.4 Å². The zero-order valence-electron chi connectivity index (χ0n) is 15.0. The Bertz CT molecular complexity index is 939. The predicted octanol–water partition coefficient (Wildman–Crippen LogP) is 4.01. The van der Waals surface area contributed by atoms with Gasteiger partial charge in [0.15, 0.2) is 0 Å². The molecule has 1 N–H and O–H groups in total. The van der Waals surface area contributed by atoms with Gasteiger partial charge < -0.3 is 4.98 Å². The van der Waals surface area contributed by atoms with E-state index in [1.807, 2.05) is 49.4 Å². The number of rotatable bonds is 4. The summed E-state index contributed by atoms with van der Waals surface area (Å²) in [6, 6.07) is 18.0. The molecule has 1 aliphatic rings. The molecule has 1 saturated heterocycles. The summed E-state index contributed by atoms with van der Waals surface area (Å²) in [6.45, 7) is 5.27. The summed E-state index contributed by atoms with van der Waals surface area (Å²) in [7, 11) is 0. The Morgan fingerprint density at radius 3 is 2.31 bits per heavy atom. The quantitative estimate of drug-likeness (QED) is 0.777. The van der Waals surface area contributed by atoms with Gasteiger partial charge in [-0.2, -0.15) is 0 Å². The van der Waals surface area contributed by atoms with E-state index >= 15 is 0 Å². The van der Waals surface area contributed by atoms with Crippen LogP contribution in [0.5, 0.6) is 0 Å².